The Morgan fingerprint density at radius 2 is 2.16 bits per heavy atom. The standard InChI is InChI=1S/C11H14N4O3S/c16-8-9-1-2-11(14-7-9)19(17,18)15-4-3-10-12-5-6-13-10/h1-2,5-7,15-16H,3-4,8H2,(H,12,13). The first-order chi connectivity index (χ1) is 9.12. The zero-order valence-corrected chi connectivity index (χ0v) is 10.9. The molecule has 2 aromatic rings. The second-order valence-electron chi connectivity index (χ2n) is 3.85. The van der Waals surface area contributed by atoms with Gasteiger partial charge in [-0.15, -0.1) is 0 Å². The predicted molar refractivity (Wildman–Crippen MR) is 67.6 cm³/mol. The molecule has 0 atom stereocenters. The highest BCUT2D eigenvalue weighted by molar-refractivity contribution is 7.89. The molecule has 3 N–H and O–H groups in total. The lowest BCUT2D eigenvalue weighted by atomic mass is 10.3. The van der Waals surface area contributed by atoms with Gasteiger partial charge in [0.15, 0.2) is 5.03 Å². The molecule has 0 saturated carbocycles. The normalized spacial score (nSPS) is 11.6. The molecule has 8 heteroatoms. The summed E-state index contributed by atoms with van der Waals surface area (Å²) in [7, 11) is -3.62. The van der Waals surface area contributed by atoms with Gasteiger partial charge >= 0.3 is 0 Å². The second-order valence-corrected chi connectivity index (χ2v) is 5.56. The summed E-state index contributed by atoms with van der Waals surface area (Å²) in [5.41, 5.74) is 0.564. The van der Waals surface area contributed by atoms with Crippen molar-refractivity contribution in [1.29, 1.82) is 0 Å². The summed E-state index contributed by atoms with van der Waals surface area (Å²) in [5, 5.41) is 8.80. The maximum absolute atomic E-state index is 11.9. The fourth-order valence-electron chi connectivity index (χ4n) is 1.48. The monoisotopic (exact) mass is 282 g/mol. The van der Waals surface area contributed by atoms with Gasteiger partial charge in [-0.3, -0.25) is 0 Å². The van der Waals surface area contributed by atoms with E-state index in [2.05, 4.69) is 19.7 Å². The van der Waals surface area contributed by atoms with E-state index in [1.54, 1.807) is 12.4 Å². The van der Waals surface area contributed by atoms with Crippen molar-refractivity contribution in [3.63, 3.8) is 0 Å². The minimum absolute atomic E-state index is 0.0656. The molecular weight excluding hydrogens is 268 g/mol. The maximum Gasteiger partial charge on any atom is 0.258 e. The van der Waals surface area contributed by atoms with E-state index in [9.17, 15) is 8.42 Å². The van der Waals surface area contributed by atoms with Crippen LogP contribution in [-0.2, 0) is 23.1 Å². The molecule has 7 nitrogen and oxygen atoms in total. The van der Waals surface area contributed by atoms with Crippen LogP contribution in [0.25, 0.3) is 0 Å². The van der Waals surface area contributed by atoms with Gasteiger partial charge in [-0.2, -0.15) is 0 Å². The van der Waals surface area contributed by atoms with Gasteiger partial charge in [-0.05, 0) is 11.6 Å². The number of hydrogen-bond acceptors (Lipinski definition) is 5. The molecule has 2 aromatic heterocycles. The summed E-state index contributed by atoms with van der Waals surface area (Å²) in [5.74, 6) is 0.714. The molecule has 0 aliphatic rings. The number of H-pyrrole nitrogens is 1. The average molecular weight is 282 g/mol. The van der Waals surface area contributed by atoms with Gasteiger partial charge in [0.1, 0.15) is 5.82 Å². The number of nitrogens with one attached hydrogen (secondary N) is 2. The molecule has 0 bridgehead atoms. The van der Waals surface area contributed by atoms with E-state index in [0.717, 1.165) is 0 Å². The number of rotatable bonds is 6. The number of aromatic nitrogens is 3. The molecule has 0 aliphatic heterocycles. The minimum Gasteiger partial charge on any atom is -0.392 e. The van der Waals surface area contributed by atoms with Crippen LogP contribution in [0.2, 0.25) is 0 Å². The smallest absolute Gasteiger partial charge is 0.258 e. The van der Waals surface area contributed by atoms with E-state index in [0.29, 0.717) is 17.8 Å². The van der Waals surface area contributed by atoms with Crippen LogP contribution in [-0.4, -0.2) is 35.0 Å². The molecule has 0 spiro atoms. The fraction of sp³-hybridized carbons (Fsp3) is 0.273. The number of pyridine rings is 1. The number of aromatic amines is 1. The molecule has 0 saturated heterocycles. The van der Waals surface area contributed by atoms with Gasteiger partial charge < -0.3 is 10.1 Å². The van der Waals surface area contributed by atoms with E-state index >= 15 is 0 Å². The highest BCUT2D eigenvalue weighted by Crippen LogP contribution is 2.06. The van der Waals surface area contributed by atoms with Crippen molar-refractivity contribution >= 4 is 10.0 Å². The number of aliphatic hydroxyl groups excluding tert-OH is 1. The van der Waals surface area contributed by atoms with Crippen molar-refractivity contribution in [1.82, 2.24) is 19.7 Å². The van der Waals surface area contributed by atoms with Crippen LogP contribution in [0, 0.1) is 0 Å². The predicted octanol–water partition coefficient (Wildman–Crippen LogP) is -0.182. The molecule has 2 rings (SSSR count). The highest BCUT2D eigenvalue weighted by atomic mass is 32.2. The SMILES string of the molecule is O=S(=O)(NCCc1ncc[nH]1)c1ccc(CO)cn1. The number of hydrogen-bond donors (Lipinski definition) is 3. The summed E-state index contributed by atoms with van der Waals surface area (Å²) in [4.78, 5) is 10.7. The molecule has 2 heterocycles. The van der Waals surface area contributed by atoms with Crippen LogP contribution in [0.3, 0.4) is 0 Å². The molecule has 0 radical (unpaired) electrons. The fourth-order valence-corrected chi connectivity index (χ4v) is 2.43. The Bertz CT molecular complexity index is 608. The van der Waals surface area contributed by atoms with Crippen LogP contribution >= 0.6 is 0 Å². The lowest BCUT2D eigenvalue weighted by Crippen LogP contribution is -2.27. The molecule has 0 fully saturated rings. The molecule has 19 heavy (non-hydrogen) atoms. The summed E-state index contributed by atoms with van der Waals surface area (Å²) < 4.78 is 26.2. The van der Waals surface area contributed by atoms with Crippen molar-refractivity contribution < 1.29 is 13.5 Å². The Balaban J connectivity index is 1.97. The Kier molecular flexibility index (Phi) is 4.25. The lowest BCUT2D eigenvalue weighted by Gasteiger charge is -2.05. The molecule has 0 aliphatic carbocycles. The van der Waals surface area contributed by atoms with Crippen LogP contribution in [0.4, 0.5) is 0 Å². The van der Waals surface area contributed by atoms with Gasteiger partial charge in [-0.25, -0.2) is 23.1 Å². The summed E-state index contributed by atoms with van der Waals surface area (Å²) in [6.07, 6.45) is 5.10. The van der Waals surface area contributed by atoms with E-state index < -0.39 is 10.0 Å². The van der Waals surface area contributed by atoms with Crippen molar-refractivity contribution in [3.05, 3.63) is 42.1 Å². The highest BCUT2D eigenvalue weighted by Gasteiger charge is 2.14. The summed E-state index contributed by atoms with van der Waals surface area (Å²) >= 11 is 0. The molecule has 0 aromatic carbocycles. The lowest BCUT2D eigenvalue weighted by molar-refractivity contribution is 0.281. The first-order valence-electron chi connectivity index (χ1n) is 5.65. The van der Waals surface area contributed by atoms with Gasteiger partial charge in [0.2, 0.25) is 0 Å². The van der Waals surface area contributed by atoms with Gasteiger partial charge in [0.05, 0.1) is 6.61 Å². The Hall–Kier alpha value is -1.77. The van der Waals surface area contributed by atoms with Gasteiger partial charge in [0.25, 0.3) is 10.0 Å². The number of aliphatic hydroxyl groups is 1. The van der Waals surface area contributed by atoms with Crippen molar-refractivity contribution in [2.24, 2.45) is 0 Å². The van der Waals surface area contributed by atoms with Crippen LogP contribution < -0.4 is 4.72 Å². The number of sulfonamides is 1. The zero-order valence-electron chi connectivity index (χ0n) is 10.1. The zero-order chi connectivity index (χ0) is 13.7. The van der Waals surface area contributed by atoms with E-state index in [-0.39, 0.29) is 18.2 Å². The summed E-state index contributed by atoms with van der Waals surface area (Å²) in [6.45, 7) is 0.0680. The first kappa shape index (κ1) is 13.7. The second kappa shape index (κ2) is 5.91. The van der Waals surface area contributed by atoms with Crippen molar-refractivity contribution in [2.45, 2.75) is 18.1 Å². The minimum atomic E-state index is -3.62. The third-order valence-electron chi connectivity index (χ3n) is 2.46. The molecule has 102 valence electrons. The van der Waals surface area contributed by atoms with Crippen LogP contribution in [0.15, 0.2) is 35.7 Å². The van der Waals surface area contributed by atoms with Gasteiger partial charge in [-0.1, -0.05) is 6.07 Å². The van der Waals surface area contributed by atoms with Crippen LogP contribution in [0.5, 0.6) is 0 Å². The third-order valence-corrected chi connectivity index (χ3v) is 3.84. The Morgan fingerprint density at radius 3 is 2.74 bits per heavy atom. The largest absolute Gasteiger partial charge is 0.392 e. The molecule has 0 unspecified atom stereocenters. The van der Waals surface area contributed by atoms with E-state index in [1.165, 1.54) is 18.3 Å². The number of nitrogens with zero attached hydrogens (tertiary/aromatic N) is 2. The van der Waals surface area contributed by atoms with Crippen LogP contribution in [0.1, 0.15) is 11.4 Å². The number of imidazole rings is 1. The van der Waals surface area contributed by atoms with E-state index in [1.807, 2.05) is 0 Å². The third kappa shape index (κ3) is 3.60. The summed E-state index contributed by atoms with van der Waals surface area (Å²) in [6, 6.07) is 2.88. The topological polar surface area (TPSA) is 108 Å². The average Bonchev–Trinajstić information content (AvgIpc) is 2.92. The first-order valence-corrected chi connectivity index (χ1v) is 7.14. The maximum atomic E-state index is 11.9. The Morgan fingerprint density at radius 1 is 1.32 bits per heavy atom. The van der Waals surface area contributed by atoms with Gasteiger partial charge in [0, 0.05) is 31.6 Å². The van der Waals surface area contributed by atoms with E-state index in [4.69, 9.17) is 5.11 Å². The van der Waals surface area contributed by atoms with Crippen molar-refractivity contribution in [2.75, 3.05) is 6.54 Å². The molecular formula is C11H14N4O3S. The quantitative estimate of drug-likeness (QED) is 0.681. The molecule has 0 amide bonds. The Labute approximate surface area is 110 Å². The van der Waals surface area contributed by atoms with Crippen molar-refractivity contribution in [3.8, 4) is 0 Å².